The predicted octanol–water partition coefficient (Wildman–Crippen LogP) is 4.56. The molecule has 2 aromatic heterocycles. The summed E-state index contributed by atoms with van der Waals surface area (Å²) in [5.41, 5.74) is 3.16. The Morgan fingerprint density at radius 2 is 1.94 bits per heavy atom. The lowest BCUT2D eigenvalue weighted by Crippen LogP contribution is -2.30. The van der Waals surface area contributed by atoms with Gasteiger partial charge in [0, 0.05) is 29.8 Å². The highest BCUT2D eigenvalue weighted by molar-refractivity contribution is 7.92. The second kappa shape index (κ2) is 9.50. The Morgan fingerprint density at radius 1 is 1.14 bits per heavy atom. The molecule has 0 spiro atoms. The van der Waals surface area contributed by atoms with E-state index in [2.05, 4.69) is 42.8 Å². The molecule has 0 bridgehead atoms. The van der Waals surface area contributed by atoms with Crippen LogP contribution in [0.1, 0.15) is 55.2 Å². The highest BCUT2D eigenvalue weighted by atomic mass is 32.2. The van der Waals surface area contributed by atoms with E-state index in [9.17, 15) is 8.42 Å². The smallest absolute Gasteiger partial charge is 0.229 e. The number of aromatic nitrogens is 2. The van der Waals surface area contributed by atoms with Crippen LogP contribution in [0.4, 0.5) is 11.4 Å². The molecule has 1 aliphatic carbocycles. The van der Waals surface area contributed by atoms with Crippen LogP contribution >= 0.6 is 12.2 Å². The summed E-state index contributed by atoms with van der Waals surface area (Å²) in [7, 11) is -1.99. The van der Waals surface area contributed by atoms with Crippen molar-refractivity contribution in [2.45, 2.75) is 43.8 Å². The minimum Gasteiger partial charge on any atom is -0.495 e. The van der Waals surface area contributed by atoms with Crippen LogP contribution in [0.5, 0.6) is 5.75 Å². The normalized spacial score (nSPS) is 20.7. The maximum atomic E-state index is 12.0. The van der Waals surface area contributed by atoms with Crippen molar-refractivity contribution in [2.75, 3.05) is 23.0 Å². The second-order valence-electron chi connectivity index (χ2n) is 9.03. The van der Waals surface area contributed by atoms with Gasteiger partial charge in [-0.15, -0.1) is 0 Å². The molecule has 3 aromatic rings. The van der Waals surface area contributed by atoms with Crippen LogP contribution < -0.4 is 19.7 Å². The molecule has 1 aliphatic heterocycles. The zero-order valence-electron chi connectivity index (χ0n) is 19.7. The van der Waals surface area contributed by atoms with E-state index in [1.165, 1.54) is 20.0 Å². The number of pyridine rings is 1. The summed E-state index contributed by atoms with van der Waals surface area (Å²) >= 11 is 5.85. The Balaban J connectivity index is 1.63. The number of ether oxygens (including phenoxy) is 1. The van der Waals surface area contributed by atoms with E-state index in [-0.39, 0.29) is 12.1 Å². The fourth-order valence-electron chi connectivity index (χ4n) is 5.23. The number of methoxy groups -OCH3 is 1. The van der Waals surface area contributed by atoms with Crippen molar-refractivity contribution in [3.05, 3.63) is 72.3 Å². The Morgan fingerprint density at radius 3 is 2.63 bits per heavy atom. The standard InChI is InChI=1S/C25H29N5O3S2/c1-33-22-13-12-18(16-20(22)28-35(2,31)32)30-24(21-11-7-15-29(21)17-8-3-4-9-17)23(27-25(30)34)19-10-5-6-14-26-19/h5-7,10-17,23-24,28H,3-4,8-9H2,1-2H3,(H,27,34)/t23-,24+/m0/s1. The Hall–Kier alpha value is -3.11. The number of sulfonamides is 1. The Labute approximate surface area is 211 Å². The van der Waals surface area contributed by atoms with Crippen molar-refractivity contribution in [1.82, 2.24) is 14.9 Å². The fraction of sp³-hybridized carbons (Fsp3) is 0.360. The van der Waals surface area contributed by atoms with Crippen molar-refractivity contribution in [1.29, 1.82) is 0 Å². The molecule has 10 heteroatoms. The fourth-order valence-corrected chi connectivity index (χ4v) is 6.14. The van der Waals surface area contributed by atoms with Gasteiger partial charge in [0.2, 0.25) is 10.0 Å². The molecule has 1 saturated carbocycles. The van der Waals surface area contributed by atoms with Crippen molar-refractivity contribution in [3.8, 4) is 5.75 Å². The van der Waals surface area contributed by atoms with Crippen LogP contribution in [-0.4, -0.2) is 36.4 Å². The second-order valence-corrected chi connectivity index (χ2v) is 11.2. The molecule has 0 unspecified atom stereocenters. The lowest BCUT2D eigenvalue weighted by atomic mass is 10.00. The number of nitrogens with zero attached hydrogens (tertiary/aromatic N) is 3. The van der Waals surface area contributed by atoms with E-state index in [4.69, 9.17) is 17.0 Å². The van der Waals surface area contributed by atoms with Gasteiger partial charge in [0.05, 0.1) is 30.8 Å². The minimum absolute atomic E-state index is 0.174. The summed E-state index contributed by atoms with van der Waals surface area (Å²) in [6.45, 7) is 0. The lowest BCUT2D eigenvalue weighted by molar-refractivity contribution is 0.417. The molecule has 2 aliphatic rings. The molecule has 2 fully saturated rings. The number of thiocarbonyl (C=S) groups is 1. The Bertz CT molecular complexity index is 1320. The van der Waals surface area contributed by atoms with Gasteiger partial charge in [-0.2, -0.15) is 0 Å². The molecule has 8 nitrogen and oxygen atoms in total. The summed E-state index contributed by atoms with van der Waals surface area (Å²) in [6, 6.07) is 15.7. The maximum absolute atomic E-state index is 12.0. The van der Waals surface area contributed by atoms with E-state index in [1.54, 1.807) is 18.3 Å². The van der Waals surface area contributed by atoms with Crippen LogP contribution in [0.15, 0.2) is 60.9 Å². The largest absolute Gasteiger partial charge is 0.495 e. The lowest BCUT2D eigenvalue weighted by Gasteiger charge is -2.30. The molecule has 35 heavy (non-hydrogen) atoms. The summed E-state index contributed by atoms with van der Waals surface area (Å²) < 4.78 is 34.4. The number of nitrogens with one attached hydrogen (secondary N) is 2. The third kappa shape index (κ3) is 4.72. The average Bonchev–Trinajstić information content (AvgIpc) is 3.58. The molecular formula is C25H29N5O3S2. The first-order valence-electron chi connectivity index (χ1n) is 11.7. The van der Waals surface area contributed by atoms with Gasteiger partial charge in [-0.05, 0) is 67.5 Å². The third-order valence-electron chi connectivity index (χ3n) is 6.69. The first-order valence-corrected chi connectivity index (χ1v) is 14.0. The van der Waals surface area contributed by atoms with Gasteiger partial charge >= 0.3 is 0 Å². The van der Waals surface area contributed by atoms with Crippen LogP contribution in [0, 0.1) is 0 Å². The van der Waals surface area contributed by atoms with Crippen molar-refractivity contribution in [2.24, 2.45) is 0 Å². The molecule has 1 saturated heterocycles. The summed E-state index contributed by atoms with van der Waals surface area (Å²) in [5.74, 6) is 0.435. The average molecular weight is 512 g/mol. The summed E-state index contributed by atoms with van der Waals surface area (Å²) in [5, 5.41) is 4.04. The topological polar surface area (TPSA) is 88.5 Å². The van der Waals surface area contributed by atoms with Crippen LogP contribution in [0.2, 0.25) is 0 Å². The summed E-state index contributed by atoms with van der Waals surface area (Å²) in [4.78, 5) is 6.69. The van der Waals surface area contributed by atoms with Gasteiger partial charge < -0.3 is 19.5 Å². The molecular weight excluding hydrogens is 482 g/mol. The monoisotopic (exact) mass is 511 g/mol. The quantitative estimate of drug-likeness (QED) is 0.450. The van der Waals surface area contributed by atoms with Gasteiger partial charge in [0.25, 0.3) is 0 Å². The van der Waals surface area contributed by atoms with Crippen LogP contribution in [0.3, 0.4) is 0 Å². The molecule has 2 N–H and O–H groups in total. The number of rotatable bonds is 7. The summed E-state index contributed by atoms with van der Waals surface area (Å²) in [6.07, 6.45) is 9.85. The predicted molar refractivity (Wildman–Crippen MR) is 141 cm³/mol. The van der Waals surface area contributed by atoms with Gasteiger partial charge in [0.1, 0.15) is 11.8 Å². The third-order valence-corrected chi connectivity index (χ3v) is 7.59. The van der Waals surface area contributed by atoms with E-state index in [0.717, 1.165) is 36.2 Å². The number of benzene rings is 1. The Kier molecular flexibility index (Phi) is 6.41. The van der Waals surface area contributed by atoms with E-state index in [0.29, 0.717) is 22.6 Å². The van der Waals surface area contributed by atoms with Crippen molar-refractivity contribution in [3.63, 3.8) is 0 Å². The number of hydrogen-bond acceptors (Lipinski definition) is 5. The van der Waals surface area contributed by atoms with Crippen LogP contribution in [0.25, 0.3) is 0 Å². The zero-order valence-corrected chi connectivity index (χ0v) is 21.3. The number of hydrogen-bond donors (Lipinski definition) is 2. The first kappa shape index (κ1) is 23.6. The first-order chi connectivity index (χ1) is 16.9. The van der Waals surface area contributed by atoms with E-state index < -0.39 is 10.0 Å². The van der Waals surface area contributed by atoms with Gasteiger partial charge in [-0.1, -0.05) is 18.9 Å². The molecule has 2 atom stereocenters. The SMILES string of the molecule is COc1ccc(N2C(=S)N[C@@H](c3ccccn3)[C@H]2c2cccn2C2CCCC2)cc1NS(C)(=O)=O. The highest BCUT2D eigenvalue weighted by Crippen LogP contribution is 2.45. The molecule has 1 aromatic carbocycles. The van der Waals surface area contributed by atoms with E-state index in [1.807, 2.05) is 24.3 Å². The van der Waals surface area contributed by atoms with Gasteiger partial charge in [-0.25, -0.2) is 8.42 Å². The van der Waals surface area contributed by atoms with Crippen molar-refractivity contribution < 1.29 is 13.2 Å². The van der Waals surface area contributed by atoms with Gasteiger partial charge in [-0.3, -0.25) is 9.71 Å². The minimum atomic E-state index is -3.50. The number of anilines is 2. The van der Waals surface area contributed by atoms with Gasteiger partial charge in [0.15, 0.2) is 5.11 Å². The molecule has 184 valence electrons. The molecule has 0 amide bonds. The molecule has 5 rings (SSSR count). The maximum Gasteiger partial charge on any atom is 0.229 e. The molecule has 0 radical (unpaired) electrons. The van der Waals surface area contributed by atoms with E-state index >= 15 is 0 Å². The van der Waals surface area contributed by atoms with Crippen molar-refractivity contribution >= 4 is 38.7 Å². The molecule has 3 heterocycles. The highest BCUT2D eigenvalue weighted by Gasteiger charge is 2.42. The zero-order chi connectivity index (χ0) is 24.6. The van der Waals surface area contributed by atoms with Crippen LogP contribution in [-0.2, 0) is 10.0 Å².